The first-order valence-corrected chi connectivity index (χ1v) is 4.16. The third-order valence-electron chi connectivity index (χ3n) is 1.75. The molecule has 0 atom stereocenters. The first kappa shape index (κ1) is 10.2. The molecule has 0 aliphatic carbocycles. The summed E-state index contributed by atoms with van der Waals surface area (Å²) in [6, 6.07) is 5.00. The molecule has 0 bridgehead atoms. The number of hydrogen-bond acceptors (Lipinski definition) is 4. The van der Waals surface area contributed by atoms with Gasteiger partial charge in [-0.3, -0.25) is 4.79 Å². The average Bonchev–Trinajstić information content (AvgIpc) is 2.14. The maximum absolute atomic E-state index is 10.0. The first-order valence-electron chi connectivity index (χ1n) is 4.16. The van der Waals surface area contributed by atoms with Crippen molar-refractivity contribution in [2.45, 2.75) is 6.92 Å². The highest BCUT2D eigenvalue weighted by molar-refractivity contribution is 6.01. The van der Waals surface area contributed by atoms with Gasteiger partial charge in [0.25, 0.3) is 0 Å². The molecule has 4 nitrogen and oxygen atoms in total. The number of aldehydes is 1. The second-order valence-electron chi connectivity index (χ2n) is 2.85. The fourth-order valence-corrected chi connectivity index (χ4v) is 1.10. The smallest absolute Gasteiger partial charge is 0.157 e. The molecular formula is C10H12N2O2. The summed E-state index contributed by atoms with van der Waals surface area (Å²) in [7, 11) is 0. The Kier molecular flexibility index (Phi) is 3.23. The van der Waals surface area contributed by atoms with E-state index in [1.807, 2.05) is 0 Å². The van der Waals surface area contributed by atoms with Gasteiger partial charge >= 0.3 is 0 Å². The number of anilines is 1. The molecule has 0 heterocycles. The number of carbonyl (C=O) groups excluding carboxylic acids is 1. The molecule has 1 aromatic carbocycles. The van der Waals surface area contributed by atoms with E-state index in [9.17, 15) is 4.79 Å². The molecule has 1 aromatic rings. The van der Waals surface area contributed by atoms with Crippen LogP contribution in [0.2, 0.25) is 0 Å². The fourth-order valence-electron chi connectivity index (χ4n) is 1.10. The molecule has 74 valence electrons. The normalized spacial score (nSPS) is 9.50. The molecule has 0 aromatic heterocycles. The maximum atomic E-state index is 10.0. The van der Waals surface area contributed by atoms with E-state index in [-0.39, 0.29) is 6.61 Å². The van der Waals surface area contributed by atoms with Gasteiger partial charge in [0.1, 0.15) is 12.4 Å². The summed E-state index contributed by atoms with van der Waals surface area (Å²) in [4.78, 5) is 10.0. The lowest BCUT2D eigenvalue weighted by Gasteiger charge is -2.06. The Morgan fingerprint density at radius 2 is 2.36 bits per heavy atom. The number of benzene rings is 1. The molecule has 0 unspecified atom stereocenters. The Morgan fingerprint density at radius 1 is 1.64 bits per heavy atom. The number of hydrogen-bond donors (Lipinski definition) is 2. The van der Waals surface area contributed by atoms with E-state index in [0.717, 1.165) is 0 Å². The zero-order valence-corrected chi connectivity index (χ0v) is 7.91. The van der Waals surface area contributed by atoms with Crippen LogP contribution in [0, 0.1) is 5.41 Å². The van der Waals surface area contributed by atoms with Gasteiger partial charge in [0.05, 0.1) is 0 Å². The molecule has 0 spiro atoms. The van der Waals surface area contributed by atoms with Crippen molar-refractivity contribution >= 4 is 17.7 Å². The lowest BCUT2D eigenvalue weighted by Crippen LogP contribution is -2.02. The third-order valence-corrected chi connectivity index (χ3v) is 1.75. The zero-order chi connectivity index (χ0) is 10.6. The van der Waals surface area contributed by atoms with Crippen LogP contribution < -0.4 is 10.5 Å². The highest BCUT2D eigenvalue weighted by atomic mass is 16.5. The minimum atomic E-state index is 0.0162. The number of carbonyl (C=O) groups is 1. The lowest BCUT2D eigenvalue weighted by molar-refractivity contribution is -0.109. The van der Waals surface area contributed by atoms with Gasteiger partial charge in [0, 0.05) is 23.0 Å². The van der Waals surface area contributed by atoms with Crippen molar-refractivity contribution in [3.63, 3.8) is 0 Å². The van der Waals surface area contributed by atoms with Gasteiger partial charge in [-0.2, -0.15) is 0 Å². The SMILES string of the molecule is CC(=N)c1ccc(OCC=O)cc1N. The molecule has 4 heteroatoms. The summed E-state index contributed by atoms with van der Waals surface area (Å²) < 4.78 is 5.05. The van der Waals surface area contributed by atoms with E-state index in [0.29, 0.717) is 29.0 Å². The van der Waals surface area contributed by atoms with E-state index in [4.69, 9.17) is 15.9 Å². The quantitative estimate of drug-likeness (QED) is 0.428. The summed E-state index contributed by atoms with van der Waals surface area (Å²) in [5, 5.41) is 7.41. The second kappa shape index (κ2) is 4.41. The van der Waals surface area contributed by atoms with Crippen molar-refractivity contribution in [3.8, 4) is 5.75 Å². The van der Waals surface area contributed by atoms with Gasteiger partial charge in [0.2, 0.25) is 0 Å². The standard InChI is InChI=1S/C10H12N2O2/c1-7(11)9-3-2-8(6-10(9)12)14-5-4-13/h2-4,6,11H,5,12H2,1H3. The molecule has 0 aliphatic rings. The van der Waals surface area contributed by atoms with Gasteiger partial charge in [-0.1, -0.05) is 0 Å². The highest BCUT2D eigenvalue weighted by Crippen LogP contribution is 2.19. The number of nitrogens with one attached hydrogen (secondary N) is 1. The van der Waals surface area contributed by atoms with Gasteiger partial charge in [0.15, 0.2) is 6.29 Å². The summed E-state index contributed by atoms with van der Waals surface area (Å²) in [5.74, 6) is 0.541. The van der Waals surface area contributed by atoms with Crippen LogP contribution >= 0.6 is 0 Å². The van der Waals surface area contributed by atoms with E-state index in [2.05, 4.69) is 0 Å². The molecule has 0 aliphatic heterocycles. The number of nitrogen functional groups attached to an aromatic ring is 1. The van der Waals surface area contributed by atoms with Crippen LogP contribution in [0.1, 0.15) is 12.5 Å². The van der Waals surface area contributed by atoms with Crippen LogP contribution in [0.4, 0.5) is 5.69 Å². The summed E-state index contributed by atoms with van der Waals surface area (Å²) in [5.41, 5.74) is 7.26. The van der Waals surface area contributed by atoms with E-state index < -0.39 is 0 Å². The minimum Gasteiger partial charge on any atom is -0.486 e. The Bertz CT molecular complexity index is 361. The summed E-state index contributed by atoms with van der Waals surface area (Å²) >= 11 is 0. The number of nitrogens with two attached hydrogens (primary N) is 1. The third kappa shape index (κ3) is 2.32. The minimum absolute atomic E-state index is 0.0162. The van der Waals surface area contributed by atoms with Crippen LogP contribution in [-0.2, 0) is 4.79 Å². The predicted octanol–water partition coefficient (Wildman–Crippen LogP) is 1.23. The van der Waals surface area contributed by atoms with Crippen LogP contribution in [0.15, 0.2) is 18.2 Å². The van der Waals surface area contributed by atoms with E-state index >= 15 is 0 Å². The Balaban J connectivity index is 2.88. The predicted molar refractivity (Wildman–Crippen MR) is 54.9 cm³/mol. The molecule has 14 heavy (non-hydrogen) atoms. The van der Waals surface area contributed by atoms with Crippen molar-refractivity contribution in [2.24, 2.45) is 0 Å². The largest absolute Gasteiger partial charge is 0.486 e. The first-order chi connectivity index (χ1) is 6.65. The number of ether oxygens (including phenoxy) is 1. The van der Waals surface area contributed by atoms with Crippen LogP contribution in [-0.4, -0.2) is 18.6 Å². The number of rotatable bonds is 4. The Hall–Kier alpha value is -1.84. The van der Waals surface area contributed by atoms with Gasteiger partial charge < -0.3 is 15.9 Å². The molecule has 0 amide bonds. The molecule has 1 rings (SSSR count). The van der Waals surface area contributed by atoms with Crippen molar-refractivity contribution < 1.29 is 9.53 Å². The van der Waals surface area contributed by atoms with E-state index in [1.54, 1.807) is 25.1 Å². The van der Waals surface area contributed by atoms with E-state index in [1.165, 1.54) is 0 Å². The van der Waals surface area contributed by atoms with Crippen molar-refractivity contribution in [1.29, 1.82) is 5.41 Å². The monoisotopic (exact) mass is 192 g/mol. The highest BCUT2D eigenvalue weighted by Gasteiger charge is 2.02. The molecule has 0 radical (unpaired) electrons. The Labute approximate surface area is 82.2 Å². The molecule has 0 fully saturated rings. The zero-order valence-electron chi connectivity index (χ0n) is 7.91. The molecule has 0 saturated carbocycles. The van der Waals surface area contributed by atoms with Crippen LogP contribution in [0.25, 0.3) is 0 Å². The molecule has 3 N–H and O–H groups in total. The molecular weight excluding hydrogens is 180 g/mol. The summed E-state index contributed by atoms with van der Waals surface area (Å²) in [6.45, 7) is 1.68. The van der Waals surface area contributed by atoms with Crippen molar-refractivity contribution in [3.05, 3.63) is 23.8 Å². The van der Waals surface area contributed by atoms with Crippen molar-refractivity contribution in [1.82, 2.24) is 0 Å². The Morgan fingerprint density at radius 3 is 2.86 bits per heavy atom. The van der Waals surface area contributed by atoms with Gasteiger partial charge in [-0.05, 0) is 19.1 Å². The summed E-state index contributed by atoms with van der Waals surface area (Å²) in [6.07, 6.45) is 0.673. The van der Waals surface area contributed by atoms with Crippen LogP contribution in [0.3, 0.4) is 0 Å². The topological polar surface area (TPSA) is 76.2 Å². The molecule has 0 saturated heterocycles. The van der Waals surface area contributed by atoms with Crippen LogP contribution in [0.5, 0.6) is 5.75 Å². The maximum Gasteiger partial charge on any atom is 0.157 e. The fraction of sp³-hybridized carbons (Fsp3) is 0.200. The lowest BCUT2D eigenvalue weighted by atomic mass is 10.1. The average molecular weight is 192 g/mol. The van der Waals surface area contributed by atoms with Crippen molar-refractivity contribution in [2.75, 3.05) is 12.3 Å². The van der Waals surface area contributed by atoms with Gasteiger partial charge in [-0.25, -0.2) is 0 Å². The van der Waals surface area contributed by atoms with Gasteiger partial charge in [-0.15, -0.1) is 0 Å². The second-order valence-corrected chi connectivity index (χ2v) is 2.85.